The third kappa shape index (κ3) is 6.47. The van der Waals surface area contributed by atoms with Crippen molar-refractivity contribution in [2.24, 2.45) is 0 Å². The molecule has 0 bridgehead atoms. The van der Waals surface area contributed by atoms with Crippen molar-refractivity contribution in [2.45, 2.75) is 50.7 Å². The zero-order valence-corrected chi connectivity index (χ0v) is 20.6. The number of hydrogen-bond acceptors (Lipinski definition) is 6. The minimum Gasteiger partial charge on any atom is -0.491 e. The number of carbonyl (C=O) groups excluding carboxylic acids is 1. The fourth-order valence-corrected chi connectivity index (χ4v) is 7.22. The molecule has 2 aromatic rings. The van der Waals surface area contributed by atoms with E-state index in [1.165, 1.54) is 21.2 Å². The Hall–Kier alpha value is -1.55. The third-order valence-electron chi connectivity index (χ3n) is 4.96. The van der Waals surface area contributed by atoms with Gasteiger partial charge in [0.05, 0.1) is 6.10 Å². The predicted octanol–water partition coefficient (Wildman–Crippen LogP) is 4.02. The Morgan fingerprint density at radius 3 is 2.45 bits per heavy atom. The van der Waals surface area contributed by atoms with E-state index in [1.807, 2.05) is 45.0 Å². The highest BCUT2D eigenvalue weighted by Crippen LogP contribution is 2.27. The van der Waals surface area contributed by atoms with Gasteiger partial charge in [0, 0.05) is 30.6 Å². The summed E-state index contributed by atoms with van der Waals surface area (Å²) in [7, 11) is -3.64. The largest absolute Gasteiger partial charge is 0.491 e. The number of benzene rings is 1. The van der Waals surface area contributed by atoms with Gasteiger partial charge >= 0.3 is 0 Å². The van der Waals surface area contributed by atoms with Crippen molar-refractivity contribution < 1.29 is 17.9 Å². The first-order chi connectivity index (χ1) is 14.8. The molecule has 3 rings (SSSR count). The summed E-state index contributed by atoms with van der Waals surface area (Å²) >= 11 is 2.92. The van der Waals surface area contributed by atoms with E-state index in [2.05, 4.69) is 5.32 Å². The average Bonchev–Trinajstić information content (AvgIpc) is 3.24. The molecule has 6 nitrogen and oxygen atoms in total. The van der Waals surface area contributed by atoms with E-state index in [9.17, 15) is 13.2 Å². The second-order valence-electron chi connectivity index (χ2n) is 7.85. The van der Waals surface area contributed by atoms with E-state index in [1.54, 1.807) is 23.2 Å². The molecule has 1 aromatic heterocycles. The van der Waals surface area contributed by atoms with Crippen molar-refractivity contribution >= 4 is 39.0 Å². The van der Waals surface area contributed by atoms with Gasteiger partial charge in [-0.25, -0.2) is 8.42 Å². The van der Waals surface area contributed by atoms with Gasteiger partial charge in [0.25, 0.3) is 5.91 Å². The molecule has 2 heterocycles. The van der Waals surface area contributed by atoms with E-state index in [4.69, 9.17) is 4.74 Å². The smallest absolute Gasteiger partial charge is 0.262 e. The van der Waals surface area contributed by atoms with Crippen LogP contribution >= 0.6 is 23.1 Å². The van der Waals surface area contributed by atoms with Crippen LogP contribution in [0.2, 0.25) is 0 Å². The normalized spacial score (nSPS) is 16.3. The van der Waals surface area contributed by atoms with Gasteiger partial charge in [0.1, 0.15) is 15.5 Å². The second kappa shape index (κ2) is 10.8. The van der Waals surface area contributed by atoms with E-state index < -0.39 is 10.0 Å². The summed E-state index contributed by atoms with van der Waals surface area (Å²) in [4.78, 5) is 13.2. The van der Waals surface area contributed by atoms with Crippen molar-refractivity contribution in [3.8, 4) is 5.75 Å². The van der Waals surface area contributed by atoms with Crippen LogP contribution in [0.4, 0.5) is 0 Å². The fourth-order valence-electron chi connectivity index (χ4n) is 3.34. The Balaban J connectivity index is 1.57. The molecule has 0 aliphatic carbocycles. The van der Waals surface area contributed by atoms with Gasteiger partial charge in [-0.15, -0.1) is 11.3 Å². The van der Waals surface area contributed by atoms with Gasteiger partial charge in [0.15, 0.2) is 0 Å². The molecule has 9 heteroatoms. The highest BCUT2D eigenvalue weighted by Gasteiger charge is 2.31. The Labute approximate surface area is 193 Å². The first-order valence-electron chi connectivity index (χ1n) is 10.5. The van der Waals surface area contributed by atoms with Gasteiger partial charge in [-0.1, -0.05) is 12.1 Å². The van der Waals surface area contributed by atoms with Gasteiger partial charge < -0.3 is 10.1 Å². The van der Waals surface area contributed by atoms with E-state index in [0.29, 0.717) is 13.1 Å². The Morgan fingerprint density at radius 2 is 1.81 bits per heavy atom. The number of aryl methyl sites for hydroxylation is 1. The summed E-state index contributed by atoms with van der Waals surface area (Å²) in [5, 5.41) is 4.64. The quantitative estimate of drug-likeness (QED) is 0.584. The van der Waals surface area contributed by atoms with Crippen LogP contribution in [-0.2, 0) is 16.4 Å². The molecule has 31 heavy (non-hydrogen) atoms. The van der Waals surface area contributed by atoms with Gasteiger partial charge in [-0.2, -0.15) is 16.1 Å². The molecule has 0 saturated carbocycles. The minimum absolute atomic E-state index is 0.0804. The molecular formula is C22H30N2O4S3. The summed E-state index contributed by atoms with van der Waals surface area (Å²) < 4.78 is 33.1. The number of nitrogens with one attached hydrogen (secondary N) is 1. The van der Waals surface area contributed by atoms with Crippen LogP contribution in [0.25, 0.3) is 0 Å². The number of hydrogen-bond donors (Lipinski definition) is 1. The molecule has 1 N–H and O–H groups in total. The van der Waals surface area contributed by atoms with E-state index in [-0.39, 0.29) is 27.8 Å². The lowest BCUT2D eigenvalue weighted by molar-refractivity contribution is 0.0939. The molecule has 1 unspecified atom stereocenters. The number of amides is 1. The molecule has 170 valence electrons. The van der Waals surface area contributed by atoms with Gasteiger partial charge in [-0.05, 0) is 62.8 Å². The number of sulfonamides is 1. The molecule has 1 aromatic carbocycles. The zero-order chi connectivity index (χ0) is 22.4. The van der Waals surface area contributed by atoms with Crippen LogP contribution in [0, 0.1) is 0 Å². The van der Waals surface area contributed by atoms with Crippen molar-refractivity contribution in [1.82, 2.24) is 9.62 Å². The lowest BCUT2D eigenvalue weighted by Crippen LogP contribution is -2.39. The average molecular weight is 483 g/mol. The summed E-state index contributed by atoms with van der Waals surface area (Å²) in [5.74, 6) is 2.09. The molecule has 1 amide bonds. The van der Waals surface area contributed by atoms with Crippen LogP contribution in [0.3, 0.4) is 0 Å². The van der Waals surface area contributed by atoms with Crippen LogP contribution in [0.5, 0.6) is 5.75 Å². The Bertz CT molecular complexity index is 965. The first kappa shape index (κ1) is 24.1. The molecule has 1 atom stereocenters. The summed E-state index contributed by atoms with van der Waals surface area (Å²) in [6.07, 6.45) is 1.71. The third-order valence-corrected chi connectivity index (χ3v) is 8.89. The number of ether oxygens (including phenoxy) is 1. The molecule has 1 saturated heterocycles. The Morgan fingerprint density at radius 1 is 1.13 bits per heavy atom. The monoisotopic (exact) mass is 482 g/mol. The number of thioether (sulfide) groups is 1. The van der Waals surface area contributed by atoms with Crippen LogP contribution in [-0.4, -0.2) is 55.4 Å². The molecule has 1 fully saturated rings. The topological polar surface area (TPSA) is 75.7 Å². The first-order valence-corrected chi connectivity index (χ1v) is 14.0. The van der Waals surface area contributed by atoms with Gasteiger partial charge in [0.2, 0.25) is 10.0 Å². The molecule has 1 aliphatic heterocycles. The molecule has 1 aliphatic rings. The molecular weight excluding hydrogens is 452 g/mol. The van der Waals surface area contributed by atoms with Crippen LogP contribution < -0.4 is 10.1 Å². The van der Waals surface area contributed by atoms with E-state index in [0.717, 1.165) is 30.1 Å². The van der Waals surface area contributed by atoms with Crippen molar-refractivity contribution in [3.05, 3.63) is 46.2 Å². The van der Waals surface area contributed by atoms with E-state index >= 15 is 0 Å². The second-order valence-corrected chi connectivity index (χ2v) is 11.9. The maximum Gasteiger partial charge on any atom is 0.262 e. The lowest BCUT2D eigenvalue weighted by Gasteiger charge is -2.25. The number of carbonyl (C=O) groups is 1. The van der Waals surface area contributed by atoms with Crippen molar-refractivity contribution in [2.75, 3.05) is 24.6 Å². The van der Waals surface area contributed by atoms with Crippen LogP contribution in [0.15, 0.2) is 40.6 Å². The fraction of sp³-hybridized carbons (Fsp3) is 0.500. The number of nitrogens with zero attached hydrogens (tertiary/aromatic N) is 1. The molecule has 0 spiro atoms. The number of rotatable bonds is 9. The number of thiophene rings is 1. The minimum atomic E-state index is -3.64. The maximum atomic E-state index is 13.0. The Kier molecular flexibility index (Phi) is 8.43. The summed E-state index contributed by atoms with van der Waals surface area (Å²) in [6, 6.07) is 9.45. The maximum absolute atomic E-state index is 13.0. The van der Waals surface area contributed by atoms with Crippen molar-refractivity contribution in [1.29, 1.82) is 0 Å². The van der Waals surface area contributed by atoms with Crippen LogP contribution in [0.1, 0.15) is 42.4 Å². The lowest BCUT2D eigenvalue weighted by atomic mass is 10.1. The van der Waals surface area contributed by atoms with Crippen molar-refractivity contribution in [3.63, 3.8) is 0 Å². The SMILES string of the molecule is CC(CCc1ccc(OC(C)C)cc1)NC(=O)c1sccc1S(=O)(=O)N1CCSCC1. The highest BCUT2D eigenvalue weighted by molar-refractivity contribution is 7.99. The zero-order valence-electron chi connectivity index (χ0n) is 18.2. The highest BCUT2D eigenvalue weighted by atomic mass is 32.2. The summed E-state index contributed by atoms with van der Waals surface area (Å²) in [6.45, 7) is 6.91. The summed E-state index contributed by atoms with van der Waals surface area (Å²) in [5.41, 5.74) is 1.17. The standard InChI is InChI=1S/C22H30N2O4S3/c1-16(2)28-19-8-6-18(7-9-19)5-4-17(3)23-22(25)21-20(10-13-30-21)31(26,27)24-11-14-29-15-12-24/h6-10,13,16-17H,4-5,11-12,14-15H2,1-3H3,(H,23,25). The molecule has 0 radical (unpaired) electrons. The predicted molar refractivity (Wildman–Crippen MR) is 128 cm³/mol. The van der Waals surface area contributed by atoms with Gasteiger partial charge in [-0.3, -0.25) is 4.79 Å².